The Morgan fingerprint density at radius 2 is 1.88 bits per heavy atom. The first-order valence-electron chi connectivity index (χ1n) is 8.32. The number of benzene rings is 2. The molecule has 3 rings (SSSR count). The topological polar surface area (TPSA) is 35.5 Å². The van der Waals surface area contributed by atoms with E-state index in [0.29, 0.717) is 13.2 Å². The predicted molar refractivity (Wildman–Crippen MR) is 101 cm³/mol. The molecule has 0 bridgehead atoms. The zero-order chi connectivity index (χ0) is 17.5. The fourth-order valence-electron chi connectivity index (χ4n) is 2.67. The van der Waals surface area contributed by atoms with Crippen LogP contribution in [-0.4, -0.2) is 19.2 Å². The van der Waals surface area contributed by atoms with Gasteiger partial charge in [-0.1, -0.05) is 54.6 Å². The Morgan fingerprint density at radius 3 is 2.68 bits per heavy atom. The third-order valence-corrected chi connectivity index (χ3v) is 3.81. The summed E-state index contributed by atoms with van der Waals surface area (Å²) in [7, 11) is 0. The number of ether oxygens (including phenoxy) is 2. The van der Waals surface area contributed by atoms with Gasteiger partial charge >= 0.3 is 5.97 Å². The van der Waals surface area contributed by atoms with Crippen molar-refractivity contribution >= 4 is 22.8 Å². The zero-order valence-corrected chi connectivity index (χ0v) is 14.1. The summed E-state index contributed by atoms with van der Waals surface area (Å²) in [4.78, 5) is 11.3. The van der Waals surface area contributed by atoms with E-state index in [9.17, 15) is 4.79 Å². The Hall–Kier alpha value is -3.07. The average molecular weight is 332 g/mol. The lowest BCUT2D eigenvalue weighted by molar-refractivity contribution is -0.137. The molecule has 2 aromatic rings. The summed E-state index contributed by atoms with van der Waals surface area (Å²) in [5.74, 6) is 0.432. The molecule has 0 aromatic heterocycles. The first-order chi connectivity index (χ1) is 12.3. The molecule has 0 unspecified atom stereocenters. The SMILES string of the molecule is CCOC(=O)/C=C/COc1ccc2ccccc2c1C=C1C=CC=C1. The van der Waals surface area contributed by atoms with E-state index in [1.54, 1.807) is 13.0 Å². The van der Waals surface area contributed by atoms with Gasteiger partial charge in [-0.2, -0.15) is 0 Å². The molecule has 1 aliphatic carbocycles. The molecule has 0 amide bonds. The first kappa shape index (κ1) is 16.8. The lowest BCUT2D eigenvalue weighted by atomic mass is 10.0. The molecule has 3 heteroatoms. The third kappa shape index (κ3) is 4.27. The van der Waals surface area contributed by atoms with E-state index in [2.05, 4.69) is 30.4 Å². The van der Waals surface area contributed by atoms with E-state index in [1.165, 1.54) is 6.08 Å². The highest BCUT2D eigenvalue weighted by Crippen LogP contribution is 2.31. The minimum Gasteiger partial charge on any atom is -0.489 e. The molecular weight excluding hydrogens is 312 g/mol. The van der Waals surface area contributed by atoms with Crippen molar-refractivity contribution < 1.29 is 14.3 Å². The molecule has 0 spiro atoms. The van der Waals surface area contributed by atoms with Crippen molar-refractivity contribution in [2.45, 2.75) is 6.92 Å². The second-order valence-corrected chi connectivity index (χ2v) is 5.53. The van der Waals surface area contributed by atoms with Crippen LogP contribution in [0.4, 0.5) is 0 Å². The molecule has 3 nitrogen and oxygen atoms in total. The Balaban J connectivity index is 1.87. The van der Waals surface area contributed by atoms with Crippen LogP contribution in [0.5, 0.6) is 5.75 Å². The van der Waals surface area contributed by atoms with Crippen LogP contribution in [0.1, 0.15) is 12.5 Å². The van der Waals surface area contributed by atoms with Gasteiger partial charge in [-0.15, -0.1) is 0 Å². The van der Waals surface area contributed by atoms with Crippen molar-refractivity contribution in [2.75, 3.05) is 13.2 Å². The molecule has 0 atom stereocenters. The number of rotatable bonds is 6. The van der Waals surface area contributed by atoms with Crippen LogP contribution in [0.25, 0.3) is 16.8 Å². The second kappa shape index (κ2) is 8.15. The van der Waals surface area contributed by atoms with Gasteiger partial charge in [0.25, 0.3) is 0 Å². The Kier molecular flexibility index (Phi) is 5.47. The number of hydrogen-bond acceptors (Lipinski definition) is 3. The van der Waals surface area contributed by atoms with Crippen molar-refractivity contribution in [3.8, 4) is 5.75 Å². The highest BCUT2D eigenvalue weighted by atomic mass is 16.5. The molecule has 0 radical (unpaired) electrons. The number of allylic oxidation sites excluding steroid dienone is 5. The summed E-state index contributed by atoms with van der Waals surface area (Å²) in [5, 5.41) is 2.30. The van der Waals surface area contributed by atoms with E-state index in [-0.39, 0.29) is 5.97 Å². The van der Waals surface area contributed by atoms with Gasteiger partial charge in [0.1, 0.15) is 12.4 Å². The summed E-state index contributed by atoms with van der Waals surface area (Å²) in [5.41, 5.74) is 2.16. The molecule has 0 saturated carbocycles. The van der Waals surface area contributed by atoms with Gasteiger partial charge in [0.15, 0.2) is 0 Å². The van der Waals surface area contributed by atoms with Crippen molar-refractivity contribution in [3.05, 3.63) is 84.0 Å². The highest BCUT2D eigenvalue weighted by Gasteiger charge is 2.07. The number of hydrogen-bond donors (Lipinski definition) is 0. The fourth-order valence-corrected chi connectivity index (χ4v) is 2.67. The number of fused-ring (bicyclic) bond motifs is 1. The molecule has 25 heavy (non-hydrogen) atoms. The normalized spacial score (nSPS) is 12.9. The molecule has 0 fully saturated rings. The number of carbonyl (C=O) groups excluding carboxylic acids is 1. The molecule has 0 N–H and O–H groups in total. The Morgan fingerprint density at radius 1 is 1.08 bits per heavy atom. The Labute approximate surface area is 147 Å². The lowest BCUT2D eigenvalue weighted by Crippen LogP contribution is -2.01. The summed E-state index contributed by atoms with van der Waals surface area (Å²) < 4.78 is 10.8. The van der Waals surface area contributed by atoms with Gasteiger partial charge in [0, 0.05) is 11.6 Å². The van der Waals surface area contributed by atoms with Gasteiger partial charge in [0.2, 0.25) is 0 Å². The smallest absolute Gasteiger partial charge is 0.330 e. The maximum absolute atomic E-state index is 11.3. The van der Waals surface area contributed by atoms with Crippen LogP contribution in [-0.2, 0) is 9.53 Å². The fraction of sp³-hybridized carbons (Fsp3) is 0.136. The van der Waals surface area contributed by atoms with Gasteiger partial charge < -0.3 is 9.47 Å². The van der Waals surface area contributed by atoms with Gasteiger partial charge in [0.05, 0.1) is 6.61 Å². The molecule has 1 aliphatic rings. The molecule has 0 saturated heterocycles. The van der Waals surface area contributed by atoms with Crippen LogP contribution >= 0.6 is 0 Å². The predicted octanol–water partition coefficient (Wildman–Crippen LogP) is 4.85. The summed E-state index contributed by atoms with van der Waals surface area (Å²) in [6.45, 7) is 2.45. The quantitative estimate of drug-likeness (QED) is 0.560. The van der Waals surface area contributed by atoms with E-state index in [1.807, 2.05) is 36.4 Å². The van der Waals surface area contributed by atoms with Crippen molar-refractivity contribution in [1.29, 1.82) is 0 Å². The standard InChI is InChI=1S/C22H20O3/c1-2-24-22(23)12-7-15-25-21-14-13-18-10-5-6-11-19(18)20(21)16-17-8-3-4-9-17/h3-14,16H,2,15H2,1H3/b12-7+. The van der Waals surface area contributed by atoms with Crippen LogP contribution in [0.3, 0.4) is 0 Å². The minimum absolute atomic E-state index is 0.305. The number of carbonyl (C=O) groups is 1. The maximum Gasteiger partial charge on any atom is 0.330 e. The Bertz CT molecular complexity index is 871. The van der Waals surface area contributed by atoms with Crippen LogP contribution < -0.4 is 4.74 Å². The lowest BCUT2D eigenvalue weighted by Gasteiger charge is -2.11. The van der Waals surface area contributed by atoms with Crippen LogP contribution in [0, 0.1) is 0 Å². The maximum atomic E-state index is 11.3. The molecular formula is C22H20O3. The third-order valence-electron chi connectivity index (χ3n) is 3.81. The summed E-state index contributed by atoms with van der Waals surface area (Å²) in [6, 6.07) is 12.2. The van der Waals surface area contributed by atoms with E-state index >= 15 is 0 Å². The molecule has 2 aromatic carbocycles. The minimum atomic E-state index is -0.354. The van der Waals surface area contributed by atoms with Crippen molar-refractivity contribution in [1.82, 2.24) is 0 Å². The van der Waals surface area contributed by atoms with Crippen molar-refractivity contribution in [3.63, 3.8) is 0 Å². The summed E-state index contributed by atoms with van der Waals surface area (Å²) in [6.07, 6.45) is 13.3. The van der Waals surface area contributed by atoms with Gasteiger partial charge in [-0.25, -0.2) is 4.79 Å². The van der Waals surface area contributed by atoms with E-state index in [4.69, 9.17) is 9.47 Å². The summed E-state index contributed by atoms with van der Waals surface area (Å²) >= 11 is 0. The van der Waals surface area contributed by atoms with E-state index < -0.39 is 0 Å². The monoisotopic (exact) mass is 332 g/mol. The first-order valence-corrected chi connectivity index (χ1v) is 8.32. The highest BCUT2D eigenvalue weighted by molar-refractivity contribution is 5.94. The molecule has 0 heterocycles. The van der Waals surface area contributed by atoms with Gasteiger partial charge in [-0.05, 0) is 41.5 Å². The molecule has 126 valence electrons. The second-order valence-electron chi connectivity index (χ2n) is 5.53. The van der Waals surface area contributed by atoms with Crippen molar-refractivity contribution in [2.24, 2.45) is 0 Å². The molecule has 0 aliphatic heterocycles. The largest absolute Gasteiger partial charge is 0.489 e. The van der Waals surface area contributed by atoms with Gasteiger partial charge in [-0.3, -0.25) is 0 Å². The average Bonchev–Trinajstić information content (AvgIpc) is 3.13. The zero-order valence-electron chi connectivity index (χ0n) is 14.1. The number of esters is 1. The van der Waals surface area contributed by atoms with Crippen LogP contribution in [0.2, 0.25) is 0 Å². The van der Waals surface area contributed by atoms with Crippen LogP contribution in [0.15, 0.2) is 78.4 Å². The van der Waals surface area contributed by atoms with E-state index in [0.717, 1.165) is 27.7 Å².